The van der Waals surface area contributed by atoms with Gasteiger partial charge in [0.1, 0.15) is 5.75 Å². The monoisotopic (exact) mass is 448 g/mol. The number of carbonyl (C=O) groups is 1. The fourth-order valence-corrected chi connectivity index (χ4v) is 4.20. The Morgan fingerprint density at radius 3 is 2.73 bits per heavy atom. The van der Waals surface area contributed by atoms with Crippen LogP contribution < -0.4 is 15.0 Å². The zero-order valence-electron chi connectivity index (χ0n) is 19.2. The number of nitrogens with one attached hydrogen (secondary N) is 1. The van der Waals surface area contributed by atoms with Crippen molar-refractivity contribution in [1.29, 1.82) is 0 Å². The summed E-state index contributed by atoms with van der Waals surface area (Å²) in [5.41, 5.74) is 2.53. The van der Waals surface area contributed by atoms with E-state index in [1.54, 1.807) is 0 Å². The fourth-order valence-electron chi connectivity index (χ4n) is 4.20. The number of rotatable bonds is 10. The second kappa shape index (κ2) is 11.7. The van der Waals surface area contributed by atoms with Crippen molar-refractivity contribution >= 4 is 22.4 Å². The lowest BCUT2D eigenvalue weighted by Gasteiger charge is -2.34. The van der Waals surface area contributed by atoms with Gasteiger partial charge in [-0.05, 0) is 66.5 Å². The summed E-state index contributed by atoms with van der Waals surface area (Å²) in [6.07, 6.45) is 2.20. The second-order valence-corrected chi connectivity index (χ2v) is 8.22. The highest BCUT2D eigenvalue weighted by Crippen LogP contribution is 2.22. The van der Waals surface area contributed by atoms with Crippen LogP contribution in [0.2, 0.25) is 0 Å². The Balaban J connectivity index is 1.19. The molecule has 1 atom stereocenters. The van der Waals surface area contributed by atoms with Crippen LogP contribution in [0, 0.1) is 0 Å². The molecule has 33 heavy (non-hydrogen) atoms. The van der Waals surface area contributed by atoms with Gasteiger partial charge in [0, 0.05) is 18.8 Å². The maximum absolute atomic E-state index is 11.2. The maximum atomic E-state index is 11.2. The number of carbonyl (C=O) groups excluding carboxylic acids is 1. The molecule has 1 N–H and O–H groups in total. The normalized spacial score (nSPS) is 16.0. The molecule has 1 saturated heterocycles. The highest BCUT2D eigenvalue weighted by atomic mass is 16.6. The van der Waals surface area contributed by atoms with Crippen LogP contribution >= 0.6 is 0 Å². The number of benzene rings is 3. The highest BCUT2D eigenvalue weighted by molar-refractivity contribution is 5.85. The van der Waals surface area contributed by atoms with Gasteiger partial charge in [-0.3, -0.25) is 0 Å². The van der Waals surface area contributed by atoms with E-state index in [1.165, 1.54) is 23.4 Å². The lowest BCUT2D eigenvalue weighted by Crippen LogP contribution is -2.43. The fraction of sp³-hybridized carbons (Fsp3) is 0.370. The van der Waals surface area contributed by atoms with Crippen molar-refractivity contribution in [2.75, 3.05) is 51.4 Å². The molecule has 6 nitrogen and oxygen atoms in total. The van der Waals surface area contributed by atoms with Crippen molar-refractivity contribution in [2.24, 2.45) is 0 Å². The third-order valence-corrected chi connectivity index (χ3v) is 6.02. The molecule has 3 aromatic rings. The van der Waals surface area contributed by atoms with E-state index in [9.17, 15) is 4.79 Å². The third kappa shape index (κ3) is 6.46. The van der Waals surface area contributed by atoms with E-state index in [0.29, 0.717) is 5.75 Å². The minimum atomic E-state index is -0.388. The van der Waals surface area contributed by atoms with Gasteiger partial charge in [0.25, 0.3) is 0 Å². The summed E-state index contributed by atoms with van der Waals surface area (Å²) in [4.78, 5) is 13.6. The first-order chi connectivity index (χ1) is 16.2. The quantitative estimate of drug-likeness (QED) is 0.376. The Morgan fingerprint density at radius 1 is 1.06 bits per heavy atom. The third-order valence-electron chi connectivity index (χ3n) is 6.02. The van der Waals surface area contributed by atoms with Crippen molar-refractivity contribution < 1.29 is 19.0 Å². The molecule has 0 amide bonds. The van der Waals surface area contributed by atoms with Crippen LogP contribution in [0.3, 0.4) is 0 Å². The Kier molecular flexibility index (Phi) is 8.17. The van der Waals surface area contributed by atoms with Crippen LogP contribution in [0.1, 0.15) is 12.0 Å². The molecule has 0 bridgehead atoms. The van der Waals surface area contributed by atoms with Crippen molar-refractivity contribution in [3.05, 3.63) is 72.3 Å². The minimum Gasteiger partial charge on any atom is -0.482 e. The molecule has 3 aromatic carbocycles. The zero-order chi connectivity index (χ0) is 22.9. The van der Waals surface area contributed by atoms with Gasteiger partial charge in [0.15, 0.2) is 6.61 Å². The molecule has 1 heterocycles. The summed E-state index contributed by atoms with van der Waals surface area (Å²) in [6.45, 7) is 4.27. The first kappa shape index (κ1) is 23.1. The molecule has 0 spiro atoms. The van der Waals surface area contributed by atoms with Gasteiger partial charge < -0.3 is 24.4 Å². The van der Waals surface area contributed by atoms with Gasteiger partial charge in [-0.25, -0.2) is 4.79 Å². The molecular weight excluding hydrogens is 416 g/mol. The van der Waals surface area contributed by atoms with Crippen molar-refractivity contribution in [3.8, 4) is 5.75 Å². The summed E-state index contributed by atoms with van der Waals surface area (Å²) >= 11 is 0. The molecule has 0 radical (unpaired) electrons. The number of fused-ring (bicyclic) bond motifs is 1. The van der Waals surface area contributed by atoms with Gasteiger partial charge in [0.2, 0.25) is 0 Å². The lowest BCUT2D eigenvalue weighted by molar-refractivity contribution is -0.142. The first-order valence-electron chi connectivity index (χ1n) is 11.6. The smallest absolute Gasteiger partial charge is 0.343 e. The number of morpholine rings is 1. The second-order valence-electron chi connectivity index (χ2n) is 8.22. The number of hydrogen-bond donors (Lipinski definition) is 1. The molecule has 0 saturated carbocycles. The summed E-state index contributed by atoms with van der Waals surface area (Å²) in [7, 11) is 1.35. The van der Waals surface area contributed by atoms with Crippen molar-refractivity contribution in [2.45, 2.75) is 18.9 Å². The minimum absolute atomic E-state index is 0.0804. The summed E-state index contributed by atoms with van der Waals surface area (Å²) in [6, 6.07) is 22.9. The van der Waals surface area contributed by atoms with Gasteiger partial charge >= 0.3 is 5.97 Å². The van der Waals surface area contributed by atoms with E-state index in [-0.39, 0.29) is 18.7 Å². The summed E-state index contributed by atoms with van der Waals surface area (Å²) in [5, 5.41) is 6.23. The summed E-state index contributed by atoms with van der Waals surface area (Å²) < 4.78 is 16.0. The number of esters is 1. The van der Waals surface area contributed by atoms with Crippen LogP contribution in [0.5, 0.6) is 5.75 Å². The van der Waals surface area contributed by atoms with E-state index >= 15 is 0 Å². The number of anilines is 1. The van der Waals surface area contributed by atoms with Crippen molar-refractivity contribution in [1.82, 2.24) is 5.32 Å². The molecule has 1 fully saturated rings. The van der Waals surface area contributed by atoms with Gasteiger partial charge in [-0.15, -0.1) is 0 Å². The van der Waals surface area contributed by atoms with Gasteiger partial charge in [-0.1, -0.05) is 42.5 Å². The molecule has 6 heteroatoms. The number of hydrogen-bond acceptors (Lipinski definition) is 6. The molecule has 0 aliphatic carbocycles. The Labute approximate surface area is 195 Å². The topological polar surface area (TPSA) is 60.0 Å². The van der Waals surface area contributed by atoms with E-state index in [0.717, 1.165) is 51.3 Å². The average molecular weight is 449 g/mol. The Morgan fingerprint density at radius 2 is 1.88 bits per heavy atom. The first-order valence-corrected chi connectivity index (χ1v) is 11.6. The SMILES string of the molecule is COC(=O)COc1ccc(N2CCOC(CCNCCc3cccc4ccccc34)C2)cc1. The van der Waals surface area contributed by atoms with E-state index in [1.807, 2.05) is 24.3 Å². The highest BCUT2D eigenvalue weighted by Gasteiger charge is 2.20. The van der Waals surface area contributed by atoms with Crippen molar-refractivity contribution in [3.63, 3.8) is 0 Å². The molecule has 0 aromatic heterocycles. The standard InChI is InChI=1S/C27H32N2O4/c1-31-27(30)20-33-24-11-9-23(10-12-24)29-17-18-32-25(19-29)14-16-28-15-13-22-7-4-6-21-5-2-3-8-26(21)22/h2-12,25,28H,13-20H2,1H3. The van der Waals surface area contributed by atoms with E-state index in [2.05, 4.69) is 57.4 Å². The molecule has 174 valence electrons. The van der Waals surface area contributed by atoms with Crippen LogP contribution in [0.25, 0.3) is 10.8 Å². The van der Waals surface area contributed by atoms with Crippen LogP contribution in [0.15, 0.2) is 66.7 Å². The molecule has 1 unspecified atom stereocenters. The zero-order valence-corrected chi connectivity index (χ0v) is 19.2. The Bertz CT molecular complexity index is 1030. The lowest BCUT2D eigenvalue weighted by atomic mass is 10.0. The maximum Gasteiger partial charge on any atom is 0.343 e. The van der Waals surface area contributed by atoms with Crippen LogP contribution in [0.4, 0.5) is 5.69 Å². The predicted molar refractivity (Wildman–Crippen MR) is 131 cm³/mol. The van der Waals surface area contributed by atoms with Gasteiger partial charge in [-0.2, -0.15) is 0 Å². The molecular formula is C27H32N2O4. The molecule has 1 aliphatic heterocycles. The average Bonchev–Trinajstić information content (AvgIpc) is 2.87. The molecule has 4 rings (SSSR count). The van der Waals surface area contributed by atoms with Crippen LogP contribution in [-0.4, -0.2) is 58.6 Å². The van der Waals surface area contributed by atoms with Crippen LogP contribution in [-0.2, 0) is 20.7 Å². The number of nitrogens with zero attached hydrogens (tertiary/aromatic N) is 1. The summed E-state index contributed by atoms with van der Waals surface area (Å²) in [5.74, 6) is 0.269. The molecule has 1 aliphatic rings. The van der Waals surface area contributed by atoms with Gasteiger partial charge in [0.05, 0.1) is 19.8 Å². The number of ether oxygens (including phenoxy) is 3. The van der Waals surface area contributed by atoms with E-state index in [4.69, 9.17) is 9.47 Å². The number of methoxy groups -OCH3 is 1. The Hall–Kier alpha value is -3.09. The largest absolute Gasteiger partial charge is 0.482 e. The predicted octanol–water partition coefficient (Wildman–Crippen LogP) is 3.82. The van der Waals surface area contributed by atoms with E-state index < -0.39 is 0 Å².